The molecule has 0 N–H and O–H groups in total. The van der Waals surface area contributed by atoms with Gasteiger partial charge in [0.05, 0.1) is 12.0 Å². The molecule has 3 rings (SSSR count). The highest BCUT2D eigenvalue weighted by molar-refractivity contribution is 6.03. The first-order valence-electron chi connectivity index (χ1n) is 8.16. The summed E-state index contributed by atoms with van der Waals surface area (Å²) in [6.45, 7) is 3.57. The molecule has 6 heteroatoms. The zero-order valence-corrected chi connectivity index (χ0v) is 14.1. The Morgan fingerprint density at radius 3 is 2.64 bits per heavy atom. The van der Waals surface area contributed by atoms with Crippen molar-refractivity contribution in [2.24, 2.45) is 11.0 Å². The number of benzene rings is 1. The fourth-order valence-corrected chi connectivity index (χ4v) is 2.90. The first-order chi connectivity index (χ1) is 12.0. The molecule has 0 unspecified atom stereocenters. The smallest absolute Gasteiger partial charge is 0.246 e. The molecule has 0 saturated carbocycles. The molecule has 1 amide bonds. The second-order valence-corrected chi connectivity index (χ2v) is 6.31. The van der Waals surface area contributed by atoms with E-state index in [1.165, 1.54) is 5.01 Å². The standard InChI is InChI=1S/C19H20N2O4/c1-12-5-7-14(8-6-12)15-11-16(17-4-3-9-25-17)21(20-15)19(24)13(2)10-18(22)23/h3-9,13,16H,10-11H2,1-2H3,(H,22,23)/p-1/t13-,16+/m0/s1. The van der Waals surface area contributed by atoms with Gasteiger partial charge in [0.15, 0.2) is 0 Å². The number of amides is 1. The number of hydrogen-bond donors (Lipinski definition) is 0. The molecule has 2 atom stereocenters. The van der Waals surface area contributed by atoms with Crippen LogP contribution in [0.1, 0.15) is 42.7 Å². The largest absolute Gasteiger partial charge is 0.550 e. The molecule has 0 fully saturated rings. The molecule has 130 valence electrons. The maximum Gasteiger partial charge on any atom is 0.246 e. The number of furan rings is 1. The maximum atomic E-state index is 12.7. The summed E-state index contributed by atoms with van der Waals surface area (Å²) in [5.41, 5.74) is 2.85. The molecule has 0 radical (unpaired) electrons. The fraction of sp³-hybridized carbons (Fsp3) is 0.316. The highest BCUT2D eigenvalue weighted by Gasteiger charge is 2.36. The molecule has 1 aliphatic rings. The molecule has 2 aromatic rings. The number of hydrazone groups is 1. The number of carbonyl (C=O) groups excluding carboxylic acids is 2. The zero-order valence-electron chi connectivity index (χ0n) is 14.1. The number of rotatable bonds is 5. The number of aryl methyl sites for hydroxylation is 1. The SMILES string of the molecule is Cc1ccc(C2=NN(C(=O)[C@@H](C)CC(=O)[O-])[C@@H](c3ccco3)C2)cc1. The normalized spacial score (nSPS) is 18.1. The van der Waals surface area contributed by atoms with E-state index in [0.717, 1.165) is 16.8 Å². The van der Waals surface area contributed by atoms with E-state index in [0.29, 0.717) is 12.2 Å². The Balaban J connectivity index is 1.91. The number of carboxylic acids is 1. The summed E-state index contributed by atoms with van der Waals surface area (Å²) in [6, 6.07) is 11.1. The molecule has 6 nitrogen and oxygen atoms in total. The minimum absolute atomic E-state index is 0.338. The van der Waals surface area contributed by atoms with Crippen molar-refractivity contribution in [3.63, 3.8) is 0 Å². The van der Waals surface area contributed by atoms with E-state index in [9.17, 15) is 14.7 Å². The molecule has 1 aromatic carbocycles. The second kappa shape index (κ2) is 6.93. The third-order valence-corrected chi connectivity index (χ3v) is 4.29. The summed E-state index contributed by atoms with van der Waals surface area (Å²) in [7, 11) is 0. The van der Waals surface area contributed by atoms with Crippen LogP contribution in [0, 0.1) is 12.8 Å². The third-order valence-electron chi connectivity index (χ3n) is 4.29. The topological polar surface area (TPSA) is 85.9 Å². The Morgan fingerprint density at radius 2 is 2.04 bits per heavy atom. The van der Waals surface area contributed by atoms with Crippen molar-refractivity contribution in [2.45, 2.75) is 32.7 Å². The van der Waals surface area contributed by atoms with Gasteiger partial charge in [-0.2, -0.15) is 5.10 Å². The molecule has 25 heavy (non-hydrogen) atoms. The Labute approximate surface area is 145 Å². The van der Waals surface area contributed by atoms with Gasteiger partial charge >= 0.3 is 0 Å². The van der Waals surface area contributed by atoms with Gasteiger partial charge in [-0.05, 0) is 31.0 Å². The van der Waals surface area contributed by atoms with Gasteiger partial charge < -0.3 is 14.3 Å². The Morgan fingerprint density at radius 1 is 1.32 bits per heavy atom. The molecule has 0 bridgehead atoms. The first kappa shape index (κ1) is 17.0. The Bertz CT molecular complexity index is 793. The summed E-state index contributed by atoms with van der Waals surface area (Å²) in [6.07, 6.45) is 1.72. The highest BCUT2D eigenvalue weighted by atomic mass is 16.4. The predicted octanol–water partition coefficient (Wildman–Crippen LogP) is 2.04. The molecule has 2 heterocycles. The lowest BCUT2D eigenvalue weighted by Crippen LogP contribution is -2.35. The van der Waals surface area contributed by atoms with Crippen molar-refractivity contribution in [3.05, 3.63) is 59.5 Å². The second-order valence-electron chi connectivity index (χ2n) is 6.31. The van der Waals surface area contributed by atoms with Crippen molar-refractivity contribution in [3.8, 4) is 0 Å². The lowest BCUT2D eigenvalue weighted by atomic mass is 10.0. The third kappa shape index (κ3) is 3.63. The van der Waals surface area contributed by atoms with Gasteiger partial charge in [-0.1, -0.05) is 36.8 Å². The van der Waals surface area contributed by atoms with Crippen molar-refractivity contribution in [1.29, 1.82) is 0 Å². The van der Waals surface area contributed by atoms with E-state index in [-0.39, 0.29) is 18.4 Å². The van der Waals surface area contributed by atoms with Gasteiger partial charge in [-0.15, -0.1) is 0 Å². The van der Waals surface area contributed by atoms with Crippen LogP contribution in [0.2, 0.25) is 0 Å². The molecule has 0 spiro atoms. The van der Waals surface area contributed by atoms with Crippen LogP contribution in [0.4, 0.5) is 0 Å². The monoisotopic (exact) mass is 339 g/mol. The summed E-state index contributed by atoms with van der Waals surface area (Å²) < 4.78 is 5.47. The van der Waals surface area contributed by atoms with Gasteiger partial charge in [-0.3, -0.25) is 4.79 Å². The van der Waals surface area contributed by atoms with Crippen LogP contribution in [0.15, 0.2) is 52.2 Å². The lowest BCUT2D eigenvalue weighted by molar-refractivity contribution is -0.306. The maximum absolute atomic E-state index is 12.7. The summed E-state index contributed by atoms with van der Waals surface area (Å²) in [5, 5.41) is 16.7. The first-order valence-corrected chi connectivity index (χ1v) is 8.16. The van der Waals surface area contributed by atoms with Crippen molar-refractivity contribution >= 4 is 17.6 Å². The van der Waals surface area contributed by atoms with Gasteiger partial charge in [0.2, 0.25) is 5.91 Å². The average molecular weight is 339 g/mol. The van der Waals surface area contributed by atoms with Crippen LogP contribution in [-0.4, -0.2) is 22.6 Å². The van der Waals surface area contributed by atoms with Gasteiger partial charge in [0.25, 0.3) is 0 Å². The van der Waals surface area contributed by atoms with Crippen LogP contribution in [0.3, 0.4) is 0 Å². The van der Waals surface area contributed by atoms with E-state index >= 15 is 0 Å². The van der Waals surface area contributed by atoms with Crippen molar-refractivity contribution < 1.29 is 19.1 Å². The van der Waals surface area contributed by atoms with Crippen LogP contribution in [0.5, 0.6) is 0 Å². The lowest BCUT2D eigenvalue weighted by Gasteiger charge is -2.23. The van der Waals surface area contributed by atoms with Crippen LogP contribution in [0.25, 0.3) is 0 Å². The summed E-state index contributed by atoms with van der Waals surface area (Å²) in [5.74, 6) is -1.70. The molecule has 0 saturated heterocycles. The summed E-state index contributed by atoms with van der Waals surface area (Å²) >= 11 is 0. The average Bonchev–Trinajstić information content (AvgIpc) is 3.23. The molecule has 1 aliphatic heterocycles. The summed E-state index contributed by atoms with van der Waals surface area (Å²) in [4.78, 5) is 23.5. The van der Waals surface area contributed by atoms with Crippen molar-refractivity contribution in [1.82, 2.24) is 5.01 Å². The molecule has 1 aromatic heterocycles. The number of carbonyl (C=O) groups is 2. The molecular formula is C19H19N2O4-. The number of hydrogen-bond acceptors (Lipinski definition) is 5. The van der Waals surface area contributed by atoms with Crippen LogP contribution >= 0.6 is 0 Å². The number of aliphatic carboxylic acids is 1. The fourth-order valence-electron chi connectivity index (χ4n) is 2.90. The van der Waals surface area contributed by atoms with E-state index in [2.05, 4.69) is 5.10 Å². The molecule has 0 aliphatic carbocycles. The number of carboxylic acid groups (broad SMARTS) is 1. The Hall–Kier alpha value is -2.89. The van der Waals surface area contributed by atoms with Crippen LogP contribution in [-0.2, 0) is 9.59 Å². The van der Waals surface area contributed by atoms with Crippen LogP contribution < -0.4 is 5.11 Å². The van der Waals surface area contributed by atoms with Gasteiger partial charge in [0.1, 0.15) is 11.8 Å². The van der Waals surface area contributed by atoms with E-state index in [4.69, 9.17) is 4.42 Å². The van der Waals surface area contributed by atoms with Gasteiger partial charge in [-0.25, -0.2) is 5.01 Å². The Kier molecular flexibility index (Phi) is 4.70. The van der Waals surface area contributed by atoms with E-state index < -0.39 is 11.9 Å². The van der Waals surface area contributed by atoms with E-state index in [1.54, 1.807) is 25.3 Å². The van der Waals surface area contributed by atoms with Gasteiger partial charge in [0, 0.05) is 18.3 Å². The predicted molar refractivity (Wildman–Crippen MR) is 89.4 cm³/mol. The molecular weight excluding hydrogens is 320 g/mol. The minimum atomic E-state index is -1.25. The van der Waals surface area contributed by atoms with E-state index in [1.807, 2.05) is 31.2 Å². The van der Waals surface area contributed by atoms with Crippen molar-refractivity contribution in [2.75, 3.05) is 0 Å². The highest BCUT2D eigenvalue weighted by Crippen LogP contribution is 2.34. The zero-order chi connectivity index (χ0) is 18.0. The minimum Gasteiger partial charge on any atom is -0.550 e. The quantitative estimate of drug-likeness (QED) is 0.834. The number of nitrogens with zero attached hydrogens (tertiary/aromatic N) is 2.